The van der Waals surface area contributed by atoms with Crippen LogP contribution in [0.1, 0.15) is 75.1 Å². The molecule has 1 atom stereocenters. The zero-order chi connectivity index (χ0) is 23.8. The Morgan fingerprint density at radius 2 is 1.82 bits per heavy atom. The molecule has 1 aromatic heterocycles. The Kier molecular flexibility index (Phi) is 8.84. The SMILES string of the molecule is CCCC(C)CN1CCC(Cc2cccc(O)c2)(c2ncc(C(=O)N(CC)CC)cn2)CC1. The smallest absolute Gasteiger partial charge is 0.256 e. The second-order valence-corrected chi connectivity index (χ2v) is 9.59. The Hall–Kier alpha value is -2.47. The van der Waals surface area contributed by atoms with Crippen LogP contribution in [0.5, 0.6) is 5.75 Å². The second kappa shape index (κ2) is 11.6. The van der Waals surface area contributed by atoms with Gasteiger partial charge in [-0.15, -0.1) is 0 Å². The highest BCUT2D eigenvalue weighted by atomic mass is 16.3. The monoisotopic (exact) mass is 452 g/mol. The fraction of sp³-hybridized carbons (Fsp3) is 0.593. The molecule has 1 saturated heterocycles. The Bertz CT molecular complexity index is 887. The lowest BCUT2D eigenvalue weighted by Crippen LogP contribution is -2.46. The fourth-order valence-corrected chi connectivity index (χ4v) is 5.13. The van der Waals surface area contributed by atoms with E-state index >= 15 is 0 Å². The molecule has 33 heavy (non-hydrogen) atoms. The summed E-state index contributed by atoms with van der Waals surface area (Å²) in [6, 6.07) is 7.51. The number of benzene rings is 1. The van der Waals surface area contributed by atoms with Gasteiger partial charge in [0.2, 0.25) is 0 Å². The van der Waals surface area contributed by atoms with Gasteiger partial charge in [0.05, 0.1) is 5.56 Å². The molecule has 3 rings (SSSR count). The predicted octanol–water partition coefficient (Wildman–Crippen LogP) is 4.68. The molecular weight excluding hydrogens is 412 g/mol. The maximum Gasteiger partial charge on any atom is 0.256 e. The van der Waals surface area contributed by atoms with Crippen LogP contribution in [0.2, 0.25) is 0 Å². The Morgan fingerprint density at radius 1 is 1.15 bits per heavy atom. The van der Waals surface area contributed by atoms with Crippen LogP contribution in [0, 0.1) is 5.92 Å². The average Bonchev–Trinajstić information content (AvgIpc) is 2.81. The maximum atomic E-state index is 12.7. The van der Waals surface area contributed by atoms with E-state index in [4.69, 9.17) is 9.97 Å². The molecule has 6 nitrogen and oxygen atoms in total. The summed E-state index contributed by atoms with van der Waals surface area (Å²) >= 11 is 0. The summed E-state index contributed by atoms with van der Waals surface area (Å²) in [5.74, 6) is 1.78. The van der Waals surface area contributed by atoms with E-state index in [1.54, 1.807) is 23.4 Å². The summed E-state index contributed by atoms with van der Waals surface area (Å²) in [6.07, 6.45) is 8.59. The van der Waals surface area contributed by atoms with E-state index in [9.17, 15) is 9.90 Å². The van der Waals surface area contributed by atoms with Crippen LogP contribution in [0.25, 0.3) is 0 Å². The average molecular weight is 453 g/mol. The minimum Gasteiger partial charge on any atom is -0.508 e. The number of carbonyl (C=O) groups is 1. The lowest BCUT2D eigenvalue weighted by atomic mass is 9.72. The zero-order valence-electron chi connectivity index (χ0n) is 20.8. The van der Waals surface area contributed by atoms with Crippen LogP contribution >= 0.6 is 0 Å². The van der Waals surface area contributed by atoms with Gasteiger partial charge >= 0.3 is 0 Å². The van der Waals surface area contributed by atoms with Gasteiger partial charge in [0, 0.05) is 37.4 Å². The van der Waals surface area contributed by atoms with Crippen molar-refractivity contribution in [3.8, 4) is 5.75 Å². The molecule has 6 heteroatoms. The maximum absolute atomic E-state index is 12.7. The topological polar surface area (TPSA) is 69.6 Å². The third-order valence-corrected chi connectivity index (χ3v) is 7.04. The molecule has 180 valence electrons. The molecule has 2 heterocycles. The molecule has 1 aliphatic heterocycles. The first-order valence-electron chi connectivity index (χ1n) is 12.5. The number of carbonyl (C=O) groups excluding carboxylic acids is 1. The van der Waals surface area contributed by atoms with E-state index in [0.29, 0.717) is 24.6 Å². The van der Waals surface area contributed by atoms with Crippen molar-refractivity contribution in [1.29, 1.82) is 0 Å². The molecule has 0 spiro atoms. The van der Waals surface area contributed by atoms with E-state index in [2.05, 4.69) is 24.8 Å². The van der Waals surface area contributed by atoms with Crippen LogP contribution in [0.3, 0.4) is 0 Å². The normalized spacial score (nSPS) is 17.0. The van der Waals surface area contributed by atoms with Gasteiger partial charge in [0.1, 0.15) is 11.6 Å². The van der Waals surface area contributed by atoms with Crippen LogP contribution in [-0.2, 0) is 11.8 Å². The summed E-state index contributed by atoms with van der Waals surface area (Å²) in [7, 11) is 0. The number of hydrogen-bond donors (Lipinski definition) is 1. The van der Waals surface area contributed by atoms with E-state index < -0.39 is 0 Å². The van der Waals surface area contributed by atoms with Crippen molar-refractivity contribution in [3.63, 3.8) is 0 Å². The first-order chi connectivity index (χ1) is 15.9. The fourth-order valence-electron chi connectivity index (χ4n) is 5.13. The van der Waals surface area contributed by atoms with Gasteiger partial charge in [0.25, 0.3) is 5.91 Å². The molecule has 0 aliphatic carbocycles. The number of phenols is 1. The number of hydrogen-bond acceptors (Lipinski definition) is 5. The first kappa shape index (κ1) is 25.2. The lowest BCUT2D eigenvalue weighted by Gasteiger charge is -2.41. The quantitative estimate of drug-likeness (QED) is 0.567. The number of nitrogens with zero attached hydrogens (tertiary/aromatic N) is 4. The molecule has 2 aromatic rings. The first-order valence-corrected chi connectivity index (χ1v) is 12.5. The summed E-state index contributed by atoms with van der Waals surface area (Å²) in [4.78, 5) is 26.6. The number of aromatic nitrogens is 2. The Balaban J connectivity index is 1.83. The highest BCUT2D eigenvalue weighted by Crippen LogP contribution is 2.37. The van der Waals surface area contributed by atoms with Crippen molar-refractivity contribution in [2.45, 2.75) is 65.2 Å². The molecule has 1 aromatic carbocycles. The molecule has 1 aliphatic rings. The standard InChI is InChI=1S/C27H40N4O2/c1-5-9-21(4)20-30-14-12-27(13-15-30,17-22-10-8-11-24(32)16-22)26-28-18-23(19-29-26)25(33)31(6-2)7-3/h8,10-11,16,18-19,21,32H,5-7,9,12-15,17,20H2,1-4H3. The highest BCUT2D eigenvalue weighted by Gasteiger charge is 2.39. The Labute approximate surface area is 199 Å². The molecule has 1 amide bonds. The summed E-state index contributed by atoms with van der Waals surface area (Å²) in [6.45, 7) is 13.1. The van der Waals surface area contributed by atoms with Gasteiger partial charge in [-0.1, -0.05) is 32.4 Å². The minimum absolute atomic E-state index is 0.0201. The van der Waals surface area contributed by atoms with E-state index in [1.807, 2.05) is 26.0 Å². The number of piperidine rings is 1. The lowest BCUT2D eigenvalue weighted by molar-refractivity contribution is 0.0771. The molecule has 0 radical (unpaired) electrons. The largest absolute Gasteiger partial charge is 0.508 e. The van der Waals surface area contributed by atoms with Crippen molar-refractivity contribution in [1.82, 2.24) is 19.8 Å². The van der Waals surface area contributed by atoms with Gasteiger partial charge in [-0.05, 0) is 76.2 Å². The van der Waals surface area contributed by atoms with Crippen molar-refractivity contribution in [2.75, 3.05) is 32.7 Å². The van der Waals surface area contributed by atoms with Gasteiger partial charge in [-0.2, -0.15) is 0 Å². The summed E-state index contributed by atoms with van der Waals surface area (Å²) < 4.78 is 0. The van der Waals surface area contributed by atoms with Crippen molar-refractivity contribution in [2.24, 2.45) is 5.92 Å². The van der Waals surface area contributed by atoms with Gasteiger partial charge in [-0.25, -0.2) is 9.97 Å². The van der Waals surface area contributed by atoms with Gasteiger partial charge in [-0.3, -0.25) is 4.79 Å². The number of amides is 1. The molecule has 1 unspecified atom stereocenters. The minimum atomic E-state index is -0.199. The van der Waals surface area contributed by atoms with E-state index in [0.717, 1.165) is 50.3 Å². The highest BCUT2D eigenvalue weighted by molar-refractivity contribution is 5.93. The van der Waals surface area contributed by atoms with Crippen LogP contribution in [0.4, 0.5) is 0 Å². The summed E-state index contributed by atoms with van der Waals surface area (Å²) in [5, 5.41) is 10.0. The van der Waals surface area contributed by atoms with Crippen molar-refractivity contribution < 1.29 is 9.90 Å². The van der Waals surface area contributed by atoms with Crippen LogP contribution in [-0.4, -0.2) is 63.5 Å². The van der Waals surface area contributed by atoms with Gasteiger partial charge in [0.15, 0.2) is 0 Å². The second-order valence-electron chi connectivity index (χ2n) is 9.59. The molecule has 0 bridgehead atoms. The van der Waals surface area contributed by atoms with Gasteiger partial charge < -0.3 is 14.9 Å². The third-order valence-electron chi connectivity index (χ3n) is 7.04. The number of likely N-dealkylation sites (tertiary alicyclic amines) is 1. The van der Waals surface area contributed by atoms with E-state index in [-0.39, 0.29) is 17.1 Å². The zero-order valence-corrected chi connectivity index (χ0v) is 20.8. The third kappa shape index (κ3) is 6.32. The summed E-state index contributed by atoms with van der Waals surface area (Å²) in [5.41, 5.74) is 1.44. The number of rotatable bonds is 10. The van der Waals surface area contributed by atoms with Crippen molar-refractivity contribution in [3.05, 3.63) is 53.6 Å². The number of phenolic OH excluding ortho intramolecular Hbond substituents is 1. The number of aromatic hydroxyl groups is 1. The molecule has 1 fully saturated rings. The molecule has 1 N–H and O–H groups in total. The molecular formula is C27H40N4O2. The Morgan fingerprint density at radius 3 is 2.39 bits per heavy atom. The van der Waals surface area contributed by atoms with Crippen LogP contribution < -0.4 is 0 Å². The molecule has 0 saturated carbocycles. The van der Waals surface area contributed by atoms with Crippen molar-refractivity contribution >= 4 is 5.91 Å². The van der Waals surface area contributed by atoms with Crippen LogP contribution in [0.15, 0.2) is 36.7 Å². The van der Waals surface area contributed by atoms with E-state index in [1.165, 1.54) is 12.8 Å². The predicted molar refractivity (Wildman–Crippen MR) is 133 cm³/mol.